The van der Waals surface area contributed by atoms with Gasteiger partial charge in [-0.2, -0.15) is 0 Å². The van der Waals surface area contributed by atoms with E-state index in [1.807, 2.05) is 6.92 Å². The second kappa shape index (κ2) is 5.19. The van der Waals surface area contributed by atoms with Crippen molar-refractivity contribution in [2.24, 2.45) is 5.92 Å². The Labute approximate surface area is 109 Å². The number of benzene rings is 1. The molecule has 0 amide bonds. The molecule has 2 atom stereocenters. The molecule has 3 nitrogen and oxygen atoms in total. The van der Waals surface area contributed by atoms with Crippen LogP contribution in [0.15, 0.2) is 24.3 Å². The van der Waals surface area contributed by atoms with E-state index < -0.39 is 0 Å². The van der Waals surface area contributed by atoms with Crippen LogP contribution in [0.4, 0.5) is 5.69 Å². The molecule has 2 saturated heterocycles. The summed E-state index contributed by atoms with van der Waals surface area (Å²) in [4.78, 5) is 2.50. The highest BCUT2D eigenvalue weighted by Gasteiger charge is 2.32. The molecule has 0 aliphatic carbocycles. The van der Waals surface area contributed by atoms with Crippen LogP contribution in [-0.4, -0.2) is 32.3 Å². The van der Waals surface area contributed by atoms with Gasteiger partial charge in [0.25, 0.3) is 0 Å². The van der Waals surface area contributed by atoms with Crippen molar-refractivity contribution in [1.82, 2.24) is 5.32 Å². The summed E-state index contributed by atoms with van der Waals surface area (Å²) in [5.74, 6) is 1.87. The minimum absolute atomic E-state index is 0.699. The van der Waals surface area contributed by atoms with Crippen molar-refractivity contribution in [3.8, 4) is 5.75 Å². The fourth-order valence-corrected chi connectivity index (χ4v) is 3.19. The first-order valence-corrected chi connectivity index (χ1v) is 7.08. The Morgan fingerprint density at radius 3 is 2.89 bits per heavy atom. The number of rotatable bonds is 3. The highest BCUT2D eigenvalue weighted by Crippen LogP contribution is 2.29. The van der Waals surface area contributed by atoms with Gasteiger partial charge in [-0.25, -0.2) is 0 Å². The lowest BCUT2D eigenvalue weighted by molar-refractivity contribution is 0.340. The SMILES string of the molecule is CCOc1ccc(N2CCC3CCNC3C2)cc1. The molecule has 3 heteroatoms. The monoisotopic (exact) mass is 246 g/mol. The number of ether oxygens (including phenoxy) is 1. The van der Waals surface area contributed by atoms with Crippen molar-refractivity contribution >= 4 is 5.69 Å². The van der Waals surface area contributed by atoms with Crippen molar-refractivity contribution in [3.05, 3.63) is 24.3 Å². The van der Waals surface area contributed by atoms with E-state index in [2.05, 4.69) is 34.5 Å². The molecule has 18 heavy (non-hydrogen) atoms. The zero-order chi connectivity index (χ0) is 12.4. The summed E-state index contributed by atoms with van der Waals surface area (Å²) in [6, 6.07) is 9.21. The number of piperidine rings is 1. The molecule has 0 aromatic heterocycles. The largest absolute Gasteiger partial charge is 0.494 e. The van der Waals surface area contributed by atoms with Crippen LogP contribution in [0.5, 0.6) is 5.75 Å². The van der Waals surface area contributed by atoms with Crippen molar-refractivity contribution in [2.75, 3.05) is 31.1 Å². The maximum Gasteiger partial charge on any atom is 0.119 e. The Morgan fingerprint density at radius 2 is 2.11 bits per heavy atom. The average molecular weight is 246 g/mol. The van der Waals surface area contributed by atoms with E-state index in [-0.39, 0.29) is 0 Å². The second-order valence-electron chi connectivity index (χ2n) is 5.27. The molecule has 2 unspecified atom stereocenters. The third-order valence-electron chi connectivity index (χ3n) is 4.19. The Morgan fingerprint density at radius 1 is 1.28 bits per heavy atom. The van der Waals surface area contributed by atoms with Gasteiger partial charge in [0.15, 0.2) is 0 Å². The first kappa shape index (κ1) is 11.8. The molecule has 1 N–H and O–H groups in total. The lowest BCUT2D eigenvalue weighted by atomic mass is 9.92. The molecule has 0 spiro atoms. The molecular formula is C15H22N2O. The second-order valence-corrected chi connectivity index (χ2v) is 5.27. The van der Waals surface area contributed by atoms with E-state index >= 15 is 0 Å². The van der Waals surface area contributed by atoms with Gasteiger partial charge in [0.2, 0.25) is 0 Å². The van der Waals surface area contributed by atoms with E-state index in [4.69, 9.17) is 4.74 Å². The number of fused-ring (bicyclic) bond motifs is 1. The third kappa shape index (κ3) is 2.32. The minimum Gasteiger partial charge on any atom is -0.494 e. The molecule has 2 aliphatic heterocycles. The summed E-state index contributed by atoms with van der Waals surface area (Å²) in [5.41, 5.74) is 1.32. The van der Waals surface area contributed by atoms with Crippen molar-refractivity contribution in [3.63, 3.8) is 0 Å². The standard InChI is InChI=1S/C15H22N2O/c1-2-18-14-5-3-13(4-6-14)17-10-8-12-7-9-16-15(12)11-17/h3-6,12,15-16H,2,7-11H2,1H3. The van der Waals surface area contributed by atoms with E-state index in [9.17, 15) is 0 Å². The van der Waals surface area contributed by atoms with E-state index in [0.29, 0.717) is 6.04 Å². The molecule has 0 radical (unpaired) electrons. The summed E-state index contributed by atoms with van der Waals surface area (Å²) in [6.07, 6.45) is 2.69. The fourth-order valence-electron chi connectivity index (χ4n) is 3.19. The topological polar surface area (TPSA) is 24.5 Å². The molecule has 2 aliphatic rings. The molecule has 2 fully saturated rings. The van der Waals surface area contributed by atoms with Crippen LogP contribution >= 0.6 is 0 Å². The number of hydrogen-bond donors (Lipinski definition) is 1. The van der Waals surface area contributed by atoms with E-state index in [1.165, 1.54) is 31.6 Å². The van der Waals surface area contributed by atoms with Crippen LogP contribution in [-0.2, 0) is 0 Å². The third-order valence-corrected chi connectivity index (χ3v) is 4.19. The van der Waals surface area contributed by atoms with Gasteiger partial charge >= 0.3 is 0 Å². The van der Waals surface area contributed by atoms with Crippen LogP contribution in [0.2, 0.25) is 0 Å². The smallest absolute Gasteiger partial charge is 0.119 e. The minimum atomic E-state index is 0.699. The van der Waals surface area contributed by atoms with E-state index in [0.717, 1.165) is 24.8 Å². The van der Waals surface area contributed by atoms with E-state index in [1.54, 1.807) is 0 Å². The molecule has 0 saturated carbocycles. The van der Waals surface area contributed by atoms with Gasteiger partial charge in [-0.05, 0) is 56.5 Å². The summed E-state index contributed by atoms with van der Waals surface area (Å²) in [6.45, 7) is 6.29. The van der Waals surface area contributed by atoms with Gasteiger partial charge in [-0.15, -0.1) is 0 Å². The Kier molecular flexibility index (Phi) is 3.41. The van der Waals surface area contributed by atoms with Crippen molar-refractivity contribution in [1.29, 1.82) is 0 Å². The van der Waals surface area contributed by atoms with Gasteiger partial charge in [0.1, 0.15) is 5.75 Å². The summed E-state index contributed by atoms with van der Waals surface area (Å²) < 4.78 is 5.49. The van der Waals surface area contributed by atoms with Crippen LogP contribution in [0, 0.1) is 5.92 Å². The van der Waals surface area contributed by atoms with Crippen LogP contribution in [0.25, 0.3) is 0 Å². The van der Waals surface area contributed by atoms with Gasteiger partial charge in [-0.3, -0.25) is 0 Å². The Hall–Kier alpha value is -1.22. The molecule has 2 heterocycles. The number of anilines is 1. The zero-order valence-electron chi connectivity index (χ0n) is 11.1. The highest BCUT2D eigenvalue weighted by molar-refractivity contribution is 5.49. The molecular weight excluding hydrogens is 224 g/mol. The maximum atomic E-state index is 5.49. The summed E-state index contributed by atoms with van der Waals surface area (Å²) in [5, 5.41) is 3.62. The molecule has 0 bridgehead atoms. The quantitative estimate of drug-likeness (QED) is 0.885. The first-order valence-electron chi connectivity index (χ1n) is 7.08. The van der Waals surface area contributed by atoms with Crippen molar-refractivity contribution in [2.45, 2.75) is 25.8 Å². The highest BCUT2D eigenvalue weighted by atomic mass is 16.5. The normalized spacial score (nSPS) is 27.1. The number of nitrogens with zero attached hydrogens (tertiary/aromatic N) is 1. The lowest BCUT2D eigenvalue weighted by Crippen LogP contribution is -2.46. The Bertz CT molecular complexity index is 390. The van der Waals surface area contributed by atoms with Gasteiger partial charge in [0, 0.05) is 24.8 Å². The first-order chi connectivity index (χ1) is 8.86. The molecule has 1 aromatic carbocycles. The van der Waals surface area contributed by atoms with Gasteiger partial charge in [-0.1, -0.05) is 0 Å². The van der Waals surface area contributed by atoms with Crippen LogP contribution in [0.3, 0.4) is 0 Å². The Balaban J connectivity index is 1.67. The average Bonchev–Trinajstić information content (AvgIpc) is 2.87. The lowest BCUT2D eigenvalue weighted by Gasteiger charge is -2.36. The van der Waals surface area contributed by atoms with Crippen LogP contribution < -0.4 is 15.0 Å². The predicted octanol–water partition coefficient (Wildman–Crippen LogP) is 2.27. The number of nitrogens with one attached hydrogen (secondary N) is 1. The van der Waals surface area contributed by atoms with Crippen LogP contribution in [0.1, 0.15) is 19.8 Å². The van der Waals surface area contributed by atoms with Gasteiger partial charge in [0.05, 0.1) is 6.61 Å². The number of hydrogen-bond acceptors (Lipinski definition) is 3. The summed E-state index contributed by atoms with van der Waals surface area (Å²) in [7, 11) is 0. The molecule has 3 rings (SSSR count). The molecule has 98 valence electrons. The van der Waals surface area contributed by atoms with Crippen molar-refractivity contribution < 1.29 is 4.74 Å². The fraction of sp³-hybridized carbons (Fsp3) is 0.600. The summed E-state index contributed by atoms with van der Waals surface area (Å²) >= 11 is 0. The molecule has 1 aromatic rings. The van der Waals surface area contributed by atoms with Gasteiger partial charge < -0.3 is 15.0 Å². The zero-order valence-corrected chi connectivity index (χ0v) is 11.1. The maximum absolute atomic E-state index is 5.49. The predicted molar refractivity (Wildman–Crippen MR) is 74.3 cm³/mol.